The fraction of sp³-hybridized carbons (Fsp3) is 0.286. The molecule has 1 aromatic carbocycles. The Labute approximate surface area is 124 Å². The highest BCUT2D eigenvalue weighted by Gasteiger charge is 2.44. The number of rotatable bonds is 5. The first-order valence-electron chi connectivity index (χ1n) is 6.34. The van der Waals surface area contributed by atoms with Crippen LogP contribution in [0.25, 0.3) is 0 Å². The van der Waals surface area contributed by atoms with Crippen molar-refractivity contribution in [1.29, 1.82) is 0 Å². The van der Waals surface area contributed by atoms with Gasteiger partial charge in [-0.15, -0.1) is 0 Å². The number of amides is 2. The minimum Gasteiger partial charge on any atom is -0.479 e. The van der Waals surface area contributed by atoms with E-state index in [0.717, 1.165) is 7.11 Å². The third-order valence-corrected chi connectivity index (χ3v) is 3.34. The van der Waals surface area contributed by atoms with Gasteiger partial charge in [0.15, 0.2) is 6.10 Å². The first-order valence-corrected chi connectivity index (χ1v) is 6.34. The van der Waals surface area contributed by atoms with Crippen LogP contribution >= 0.6 is 0 Å². The highest BCUT2D eigenvalue weighted by Crippen LogP contribution is 2.26. The van der Waals surface area contributed by atoms with Gasteiger partial charge in [-0.05, 0) is 12.1 Å². The van der Waals surface area contributed by atoms with Crippen molar-refractivity contribution < 1.29 is 34.1 Å². The van der Waals surface area contributed by atoms with Crippen LogP contribution in [-0.2, 0) is 14.3 Å². The second-order valence-corrected chi connectivity index (χ2v) is 4.65. The molecule has 116 valence electrons. The molecule has 1 heterocycles. The Kier molecular flexibility index (Phi) is 4.22. The molecule has 8 heteroatoms. The molecule has 0 bridgehead atoms. The zero-order chi connectivity index (χ0) is 16.4. The van der Waals surface area contributed by atoms with Crippen LogP contribution < -0.4 is 0 Å². The van der Waals surface area contributed by atoms with Gasteiger partial charge in [-0.3, -0.25) is 14.5 Å². The Morgan fingerprint density at radius 3 is 2.09 bits per heavy atom. The van der Waals surface area contributed by atoms with Gasteiger partial charge in [0.05, 0.1) is 18.2 Å². The summed E-state index contributed by atoms with van der Waals surface area (Å²) in [4.78, 5) is 47.8. The number of carbonyl (C=O) groups is 4. The lowest BCUT2D eigenvalue weighted by Crippen LogP contribution is -2.48. The van der Waals surface area contributed by atoms with E-state index in [1.807, 2.05) is 0 Å². The van der Waals surface area contributed by atoms with Crippen LogP contribution in [0.2, 0.25) is 0 Å². The number of aliphatic hydroxyl groups is 1. The van der Waals surface area contributed by atoms with Crippen LogP contribution in [0.5, 0.6) is 0 Å². The predicted molar refractivity (Wildman–Crippen MR) is 71.0 cm³/mol. The van der Waals surface area contributed by atoms with Crippen LogP contribution in [0.15, 0.2) is 24.3 Å². The van der Waals surface area contributed by atoms with E-state index in [9.17, 15) is 24.3 Å². The van der Waals surface area contributed by atoms with E-state index in [4.69, 9.17) is 5.11 Å². The summed E-state index contributed by atoms with van der Waals surface area (Å²) < 4.78 is 4.51. The predicted octanol–water partition coefficient (Wildman–Crippen LogP) is -0.340. The van der Waals surface area contributed by atoms with Gasteiger partial charge in [-0.1, -0.05) is 12.1 Å². The number of methoxy groups -OCH3 is 1. The summed E-state index contributed by atoms with van der Waals surface area (Å²) >= 11 is 0. The summed E-state index contributed by atoms with van der Waals surface area (Å²) in [6.45, 7) is 0. The van der Waals surface area contributed by atoms with Crippen LogP contribution in [-0.4, -0.2) is 58.1 Å². The number of nitrogens with zero attached hydrogens (tertiary/aromatic N) is 1. The molecule has 2 N–H and O–H groups in total. The molecular weight excluding hydrogens is 294 g/mol. The fourth-order valence-corrected chi connectivity index (χ4v) is 2.25. The van der Waals surface area contributed by atoms with Crippen LogP contribution in [0.4, 0.5) is 0 Å². The van der Waals surface area contributed by atoms with Crippen LogP contribution in [0.3, 0.4) is 0 Å². The lowest BCUT2D eigenvalue weighted by Gasteiger charge is -2.24. The normalized spacial score (nSPS) is 16.2. The molecule has 22 heavy (non-hydrogen) atoms. The number of hydrogen-bond acceptors (Lipinski definition) is 6. The van der Waals surface area contributed by atoms with Crippen molar-refractivity contribution in [1.82, 2.24) is 4.90 Å². The molecule has 1 unspecified atom stereocenters. The molecule has 0 saturated carbocycles. The first kappa shape index (κ1) is 15.6. The zero-order valence-corrected chi connectivity index (χ0v) is 11.6. The second-order valence-electron chi connectivity index (χ2n) is 4.65. The van der Waals surface area contributed by atoms with E-state index in [1.165, 1.54) is 12.1 Å². The Bertz CT molecular complexity index is 619. The van der Waals surface area contributed by atoms with Crippen molar-refractivity contribution in [3.05, 3.63) is 35.4 Å². The number of esters is 1. The van der Waals surface area contributed by atoms with Crippen molar-refractivity contribution in [2.24, 2.45) is 0 Å². The maximum atomic E-state index is 12.3. The number of benzene rings is 1. The summed E-state index contributed by atoms with van der Waals surface area (Å²) in [6, 6.07) is 4.47. The highest BCUT2D eigenvalue weighted by atomic mass is 16.5. The summed E-state index contributed by atoms with van der Waals surface area (Å²) in [5.74, 6) is -4.00. The van der Waals surface area contributed by atoms with E-state index in [-0.39, 0.29) is 11.1 Å². The van der Waals surface area contributed by atoms with E-state index in [0.29, 0.717) is 4.90 Å². The molecule has 2 atom stereocenters. The maximum Gasteiger partial charge on any atom is 0.332 e. The SMILES string of the molecule is COC(=O)[C@H](CC(O)C(=O)O)N1C(=O)c2ccccc2C1=O. The number of hydrogen-bond donors (Lipinski definition) is 2. The Morgan fingerprint density at radius 1 is 1.18 bits per heavy atom. The minimum absolute atomic E-state index is 0.117. The van der Waals surface area contributed by atoms with Gasteiger partial charge in [0, 0.05) is 6.42 Å². The lowest BCUT2D eigenvalue weighted by molar-refractivity contribution is -0.151. The average Bonchev–Trinajstić information content (AvgIpc) is 2.76. The number of carboxylic acid groups (broad SMARTS) is 1. The zero-order valence-electron chi connectivity index (χ0n) is 11.6. The summed E-state index contributed by atoms with van der Waals surface area (Å²) in [7, 11) is 1.04. The van der Waals surface area contributed by atoms with E-state index >= 15 is 0 Å². The standard InChI is InChI=1S/C14H13NO7/c1-22-14(21)9(6-10(16)13(19)20)15-11(17)7-4-2-3-5-8(7)12(15)18/h2-5,9-10,16H,6H2,1H3,(H,19,20)/t9-,10?/m0/s1. The van der Waals surface area contributed by atoms with Gasteiger partial charge in [0.25, 0.3) is 11.8 Å². The molecule has 0 fully saturated rings. The molecule has 0 spiro atoms. The molecule has 8 nitrogen and oxygen atoms in total. The largest absolute Gasteiger partial charge is 0.479 e. The molecular formula is C14H13NO7. The molecule has 0 aliphatic carbocycles. The van der Waals surface area contributed by atoms with Gasteiger partial charge in [0.1, 0.15) is 6.04 Å². The van der Waals surface area contributed by atoms with Gasteiger partial charge in [0.2, 0.25) is 0 Å². The number of fused-ring (bicyclic) bond motifs is 1. The van der Waals surface area contributed by atoms with Crippen LogP contribution in [0.1, 0.15) is 27.1 Å². The number of imide groups is 1. The van der Waals surface area contributed by atoms with Crippen molar-refractivity contribution >= 4 is 23.8 Å². The number of ether oxygens (including phenoxy) is 1. The number of carbonyl (C=O) groups excluding carboxylic acids is 3. The summed E-state index contributed by atoms with van der Waals surface area (Å²) in [6.07, 6.45) is -2.55. The molecule has 2 amide bonds. The molecule has 0 radical (unpaired) electrons. The summed E-state index contributed by atoms with van der Waals surface area (Å²) in [5.41, 5.74) is 0.234. The molecule has 0 aromatic heterocycles. The maximum absolute atomic E-state index is 12.3. The lowest BCUT2D eigenvalue weighted by atomic mass is 10.1. The Morgan fingerprint density at radius 2 is 1.68 bits per heavy atom. The van der Waals surface area contributed by atoms with Crippen molar-refractivity contribution in [2.45, 2.75) is 18.6 Å². The fourth-order valence-electron chi connectivity index (χ4n) is 2.25. The number of carboxylic acids is 1. The topological polar surface area (TPSA) is 121 Å². The molecule has 1 aromatic rings. The minimum atomic E-state index is -1.91. The molecule has 2 rings (SSSR count). The van der Waals surface area contributed by atoms with Gasteiger partial charge < -0.3 is 14.9 Å². The third kappa shape index (κ3) is 2.56. The third-order valence-electron chi connectivity index (χ3n) is 3.34. The van der Waals surface area contributed by atoms with E-state index in [2.05, 4.69) is 4.74 Å². The quantitative estimate of drug-likeness (QED) is 0.563. The monoisotopic (exact) mass is 307 g/mol. The second kappa shape index (κ2) is 5.94. The molecule has 0 saturated heterocycles. The van der Waals surface area contributed by atoms with Gasteiger partial charge in [-0.2, -0.15) is 0 Å². The smallest absolute Gasteiger partial charge is 0.332 e. The number of aliphatic carboxylic acids is 1. The van der Waals surface area contributed by atoms with Gasteiger partial charge in [-0.25, -0.2) is 9.59 Å². The molecule has 1 aliphatic heterocycles. The first-order chi connectivity index (χ1) is 10.4. The van der Waals surface area contributed by atoms with Crippen LogP contribution in [0, 0.1) is 0 Å². The molecule has 1 aliphatic rings. The average molecular weight is 307 g/mol. The Balaban J connectivity index is 2.37. The van der Waals surface area contributed by atoms with Crippen molar-refractivity contribution in [2.75, 3.05) is 7.11 Å². The highest BCUT2D eigenvalue weighted by molar-refractivity contribution is 6.22. The Hall–Kier alpha value is -2.74. The number of aliphatic hydroxyl groups excluding tert-OH is 1. The summed E-state index contributed by atoms with van der Waals surface area (Å²) in [5, 5.41) is 18.2. The van der Waals surface area contributed by atoms with Crippen molar-refractivity contribution in [3.8, 4) is 0 Å². The van der Waals surface area contributed by atoms with E-state index < -0.39 is 42.3 Å². The van der Waals surface area contributed by atoms with Gasteiger partial charge >= 0.3 is 11.9 Å². The van der Waals surface area contributed by atoms with E-state index in [1.54, 1.807) is 12.1 Å². The van der Waals surface area contributed by atoms with Crippen molar-refractivity contribution in [3.63, 3.8) is 0 Å².